The summed E-state index contributed by atoms with van der Waals surface area (Å²) < 4.78 is 5.05. The Morgan fingerprint density at radius 1 is 1.44 bits per heavy atom. The van der Waals surface area contributed by atoms with Crippen molar-refractivity contribution in [3.63, 3.8) is 0 Å². The highest BCUT2D eigenvalue weighted by atomic mass is 16.5. The maximum atomic E-state index is 11.7. The number of hydrogen-bond acceptors (Lipinski definition) is 2. The van der Waals surface area contributed by atoms with Gasteiger partial charge in [-0.3, -0.25) is 4.79 Å². The van der Waals surface area contributed by atoms with Gasteiger partial charge in [-0.05, 0) is 25.5 Å². The molecule has 0 radical (unpaired) electrons. The molecule has 0 aliphatic carbocycles. The van der Waals surface area contributed by atoms with Gasteiger partial charge in [0.1, 0.15) is 0 Å². The van der Waals surface area contributed by atoms with Crippen molar-refractivity contribution in [2.45, 2.75) is 20.3 Å². The molecule has 0 atom stereocenters. The van der Waals surface area contributed by atoms with Gasteiger partial charge < -0.3 is 10.1 Å². The monoisotopic (exact) mass is 219 g/mol. The van der Waals surface area contributed by atoms with Crippen molar-refractivity contribution in [2.75, 3.05) is 18.5 Å². The first kappa shape index (κ1) is 11.1. The molecule has 0 bridgehead atoms. The second kappa shape index (κ2) is 4.66. The van der Waals surface area contributed by atoms with Gasteiger partial charge in [-0.2, -0.15) is 0 Å². The lowest BCUT2D eigenvalue weighted by Gasteiger charge is -2.25. The van der Waals surface area contributed by atoms with Crippen molar-refractivity contribution in [1.82, 2.24) is 0 Å². The van der Waals surface area contributed by atoms with E-state index in [1.54, 1.807) is 0 Å². The summed E-state index contributed by atoms with van der Waals surface area (Å²) in [5.41, 5.74) is 3.23. The largest absolute Gasteiger partial charge is 0.381 e. The third-order valence-electron chi connectivity index (χ3n) is 2.84. The molecule has 1 aliphatic heterocycles. The number of nitrogens with one attached hydrogen (secondary N) is 1. The van der Waals surface area contributed by atoms with E-state index in [1.165, 1.54) is 5.56 Å². The molecule has 1 fully saturated rings. The van der Waals surface area contributed by atoms with E-state index in [9.17, 15) is 4.79 Å². The topological polar surface area (TPSA) is 38.3 Å². The predicted octanol–water partition coefficient (Wildman–Crippen LogP) is 2.28. The van der Waals surface area contributed by atoms with Crippen LogP contribution in [0.5, 0.6) is 0 Å². The smallest absolute Gasteiger partial charge is 0.224 e. The summed E-state index contributed by atoms with van der Waals surface area (Å²) in [4.78, 5) is 11.7. The number of rotatable bonds is 3. The Bertz CT molecular complexity index is 397. The molecular weight excluding hydrogens is 202 g/mol. The first-order chi connectivity index (χ1) is 7.65. The van der Waals surface area contributed by atoms with E-state index in [4.69, 9.17) is 4.74 Å². The third kappa shape index (κ3) is 2.61. The van der Waals surface area contributed by atoms with Crippen LogP contribution in [0.4, 0.5) is 5.69 Å². The Labute approximate surface area is 95.8 Å². The van der Waals surface area contributed by atoms with Crippen LogP contribution in [0, 0.1) is 19.8 Å². The minimum atomic E-state index is 0.0836. The number of carbonyl (C=O) groups excluding carboxylic acids is 1. The minimum absolute atomic E-state index is 0.0836. The highest BCUT2D eigenvalue weighted by Crippen LogP contribution is 2.19. The molecule has 0 spiro atoms. The van der Waals surface area contributed by atoms with Gasteiger partial charge >= 0.3 is 0 Å². The summed E-state index contributed by atoms with van der Waals surface area (Å²) in [5.74, 6) is 0.492. The standard InChI is InChI=1S/C13H17NO2/c1-9-3-4-12(10(2)5-9)14-13(15)6-11-7-16-8-11/h3-5,11H,6-8H2,1-2H3,(H,14,15). The third-order valence-corrected chi connectivity index (χ3v) is 2.84. The van der Waals surface area contributed by atoms with E-state index in [2.05, 4.69) is 11.4 Å². The number of hydrogen-bond donors (Lipinski definition) is 1. The number of carbonyl (C=O) groups is 1. The van der Waals surface area contributed by atoms with Gasteiger partial charge in [-0.1, -0.05) is 17.7 Å². The Morgan fingerprint density at radius 3 is 2.75 bits per heavy atom. The fraction of sp³-hybridized carbons (Fsp3) is 0.462. The van der Waals surface area contributed by atoms with Crippen LogP contribution in [0.1, 0.15) is 17.5 Å². The molecule has 1 saturated heterocycles. The molecule has 1 aromatic rings. The number of benzene rings is 1. The lowest BCUT2D eigenvalue weighted by Crippen LogP contribution is -2.31. The van der Waals surface area contributed by atoms with Gasteiger partial charge in [0, 0.05) is 18.0 Å². The van der Waals surface area contributed by atoms with Crippen LogP contribution in [0.2, 0.25) is 0 Å². The Morgan fingerprint density at radius 2 is 2.19 bits per heavy atom. The van der Waals surface area contributed by atoms with Gasteiger partial charge in [-0.15, -0.1) is 0 Å². The van der Waals surface area contributed by atoms with Crippen molar-refractivity contribution >= 4 is 11.6 Å². The highest BCUT2D eigenvalue weighted by molar-refractivity contribution is 5.91. The zero-order valence-electron chi connectivity index (χ0n) is 9.75. The van der Waals surface area contributed by atoms with Crippen LogP contribution in [0.25, 0.3) is 0 Å². The Kier molecular flexibility index (Phi) is 3.25. The van der Waals surface area contributed by atoms with Crippen LogP contribution in [-0.2, 0) is 9.53 Å². The Hall–Kier alpha value is -1.35. The normalized spacial score (nSPS) is 15.6. The molecule has 0 aromatic heterocycles. The van der Waals surface area contributed by atoms with Crippen molar-refractivity contribution in [2.24, 2.45) is 5.92 Å². The predicted molar refractivity (Wildman–Crippen MR) is 63.5 cm³/mol. The minimum Gasteiger partial charge on any atom is -0.381 e. The molecule has 1 N–H and O–H groups in total. The van der Waals surface area contributed by atoms with Gasteiger partial charge in [0.05, 0.1) is 13.2 Å². The summed E-state index contributed by atoms with van der Waals surface area (Å²) in [6, 6.07) is 6.04. The molecule has 1 amide bonds. The lowest BCUT2D eigenvalue weighted by molar-refractivity contribution is -0.121. The molecule has 0 saturated carbocycles. The number of aryl methyl sites for hydroxylation is 2. The van der Waals surface area contributed by atoms with E-state index in [0.29, 0.717) is 12.3 Å². The second-order valence-corrected chi connectivity index (χ2v) is 4.47. The highest BCUT2D eigenvalue weighted by Gasteiger charge is 2.21. The SMILES string of the molecule is Cc1ccc(NC(=O)CC2COC2)c(C)c1. The average molecular weight is 219 g/mol. The van der Waals surface area contributed by atoms with Crippen LogP contribution in [-0.4, -0.2) is 19.1 Å². The summed E-state index contributed by atoms with van der Waals surface area (Å²) in [6.07, 6.45) is 0.563. The van der Waals surface area contributed by atoms with Crippen LogP contribution in [0.3, 0.4) is 0 Å². The summed E-state index contributed by atoms with van der Waals surface area (Å²) >= 11 is 0. The van der Waals surface area contributed by atoms with Gasteiger partial charge in [0.2, 0.25) is 5.91 Å². The molecule has 86 valence electrons. The second-order valence-electron chi connectivity index (χ2n) is 4.47. The fourth-order valence-electron chi connectivity index (χ4n) is 1.82. The van der Waals surface area contributed by atoms with Crippen molar-refractivity contribution < 1.29 is 9.53 Å². The first-order valence-corrected chi connectivity index (χ1v) is 5.60. The van der Waals surface area contributed by atoms with Gasteiger partial charge in [-0.25, -0.2) is 0 Å². The molecule has 1 heterocycles. The van der Waals surface area contributed by atoms with E-state index < -0.39 is 0 Å². The maximum Gasteiger partial charge on any atom is 0.224 e. The zero-order chi connectivity index (χ0) is 11.5. The van der Waals surface area contributed by atoms with Gasteiger partial charge in [0.15, 0.2) is 0 Å². The van der Waals surface area contributed by atoms with Crippen molar-refractivity contribution in [1.29, 1.82) is 0 Å². The molecule has 3 nitrogen and oxygen atoms in total. The molecule has 0 unspecified atom stereocenters. The van der Waals surface area contributed by atoms with E-state index in [0.717, 1.165) is 24.5 Å². The quantitative estimate of drug-likeness (QED) is 0.847. The van der Waals surface area contributed by atoms with E-state index >= 15 is 0 Å². The fourth-order valence-corrected chi connectivity index (χ4v) is 1.82. The molecule has 3 heteroatoms. The lowest BCUT2D eigenvalue weighted by atomic mass is 10.0. The molecule has 16 heavy (non-hydrogen) atoms. The Balaban J connectivity index is 1.94. The number of amides is 1. The van der Waals surface area contributed by atoms with Crippen molar-refractivity contribution in [3.05, 3.63) is 29.3 Å². The average Bonchev–Trinajstić information content (AvgIpc) is 2.16. The first-order valence-electron chi connectivity index (χ1n) is 5.60. The van der Waals surface area contributed by atoms with Crippen LogP contribution >= 0.6 is 0 Å². The molecular formula is C13H17NO2. The molecule has 1 aliphatic rings. The molecule has 1 aromatic carbocycles. The number of anilines is 1. The van der Waals surface area contributed by atoms with Crippen LogP contribution < -0.4 is 5.32 Å². The van der Waals surface area contributed by atoms with Crippen molar-refractivity contribution in [3.8, 4) is 0 Å². The summed E-state index contributed by atoms with van der Waals surface area (Å²) in [5, 5.41) is 2.94. The molecule has 2 rings (SSSR count). The van der Waals surface area contributed by atoms with E-state index in [-0.39, 0.29) is 5.91 Å². The van der Waals surface area contributed by atoms with Gasteiger partial charge in [0.25, 0.3) is 0 Å². The summed E-state index contributed by atoms with van der Waals surface area (Å²) in [6.45, 7) is 5.50. The van der Waals surface area contributed by atoms with Crippen LogP contribution in [0.15, 0.2) is 18.2 Å². The van der Waals surface area contributed by atoms with E-state index in [1.807, 2.05) is 26.0 Å². The number of ether oxygens (including phenoxy) is 1. The summed E-state index contributed by atoms with van der Waals surface area (Å²) in [7, 11) is 0. The maximum absolute atomic E-state index is 11.7. The zero-order valence-corrected chi connectivity index (χ0v) is 9.75.